The van der Waals surface area contributed by atoms with E-state index in [1.807, 2.05) is 0 Å². The summed E-state index contributed by atoms with van der Waals surface area (Å²) in [6.45, 7) is 11.5. The topological polar surface area (TPSA) is 3.24 Å². The average molecular weight is 324 g/mol. The van der Waals surface area contributed by atoms with Crippen LogP contribution in [-0.4, -0.2) is 22.8 Å². The largest absolute Gasteiger partial charge is 0.295 e. The molecule has 2 atom stereocenters. The van der Waals surface area contributed by atoms with Crippen LogP contribution < -0.4 is 0 Å². The molecule has 0 saturated carbocycles. The minimum Gasteiger partial charge on any atom is -0.295 e. The number of halogens is 1. The van der Waals surface area contributed by atoms with Gasteiger partial charge < -0.3 is 0 Å². The van der Waals surface area contributed by atoms with Gasteiger partial charge in [-0.25, -0.2) is 0 Å². The molecule has 1 aliphatic heterocycles. The maximum absolute atomic E-state index is 3.67. The van der Waals surface area contributed by atoms with Gasteiger partial charge in [-0.2, -0.15) is 0 Å². The van der Waals surface area contributed by atoms with Crippen molar-refractivity contribution in [2.75, 3.05) is 11.9 Å². The predicted molar refractivity (Wildman–Crippen MR) is 86.9 cm³/mol. The second-order valence-electron chi connectivity index (χ2n) is 6.91. The Morgan fingerprint density at radius 2 is 1.84 bits per heavy atom. The number of benzene rings is 1. The first-order chi connectivity index (χ1) is 8.91. The summed E-state index contributed by atoms with van der Waals surface area (Å²) in [5.74, 6) is 0.813. The van der Waals surface area contributed by atoms with E-state index < -0.39 is 0 Å². The Kier molecular flexibility index (Phi) is 4.73. The van der Waals surface area contributed by atoms with E-state index in [0.29, 0.717) is 6.04 Å². The van der Waals surface area contributed by atoms with Crippen molar-refractivity contribution in [2.24, 2.45) is 5.92 Å². The van der Waals surface area contributed by atoms with Gasteiger partial charge in [0.15, 0.2) is 0 Å². The molecule has 0 N–H and O–H groups in total. The van der Waals surface area contributed by atoms with Gasteiger partial charge in [-0.3, -0.25) is 4.90 Å². The van der Waals surface area contributed by atoms with E-state index in [0.717, 1.165) is 17.8 Å². The standard InChI is InChI=1S/C17H26BrN/c1-13-9-10-19(16(13)11-18)12-14-5-7-15(8-6-14)17(2,3)4/h5-8,13,16H,9-12H2,1-4H3. The van der Waals surface area contributed by atoms with Crippen LogP contribution in [0.2, 0.25) is 0 Å². The Hall–Kier alpha value is -0.340. The van der Waals surface area contributed by atoms with Gasteiger partial charge in [0.05, 0.1) is 0 Å². The van der Waals surface area contributed by atoms with Gasteiger partial charge in [-0.05, 0) is 35.4 Å². The highest BCUT2D eigenvalue weighted by molar-refractivity contribution is 9.09. The molecule has 2 heteroatoms. The maximum Gasteiger partial charge on any atom is 0.0237 e. The molecule has 2 unspecified atom stereocenters. The minimum atomic E-state index is 0.249. The van der Waals surface area contributed by atoms with Crippen LogP contribution in [0.25, 0.3) is 0 Å². The molecule has 0 aromatic heterocycles. The normalized spacial score (nSPS) is 24.9. The van der Waals surface area contributed by atoms with Crippen molar-refractivity contribution in [2.45, 2.75) is 52.1 Å². The van der Waals surface area contributed by atoms with Crippen molar-refractivity contribution in [3.63, 3.8) is 0 Å². The lowest BCUT2D eigenvalue weighted by atomic mass is 9.87. The second-order valence-corrected chi connectivity index (χ2v) is 7.55. The van der Waals surface area contributed by atoms with Crippen LogP contribution in [0.3, 0.4) is 0 Å². The minimum absolute atomic E-state index is 0.249. The van der Waals surface area contributed by atoms with Crippen molar-refractivity contribution < 1.29 is 0 Å². The molecule has 1 heterocycles. The molecule has 0 radical (unpaired) electrons. The van der Waals surface area contributed by atoms with Crippen molar-refractivity contribution in [1.29, 1.82) is 0 Å². The summed E-state index contributed by atoms with van der Waals surface area (Å²) in [7, 11) is 0. The van der Waals surface area contributed by atoms with Gasteiger partial charge in [0.25, 0.3) is 0 Å². The van der Waals surface area contributed by atoms with E-state index in [2.05, 4.69) is 72.8 Å². The molecule has 1 aromatic rings. The van der Waals surface area contributed by atoms with Crippen molar-refractivity contribution in [1.82, 2.24) is 4.90 Å². The predicted octanol–water partition coefficient (Wildman–Crippen LogP) is 4.59. The summed E-state index contributed by atoms with van der Waals surface area (Å²) in [4.78, 5) is 2.62. The van der Waals surface area contributed by atoms with Crippen molar-refractivity contribution in [3.8, 4) is 0 Å². The lowest BCUT2D eigenvalue weighted by Crippen LogP contribution is -2.32. The molecular formula is C17H26BrN. The Bertz CT molecular complexity index is 404. The van der Waals surface area contributed by atoms with E-state index in [1.54, 1.807) is 0 Å². The molecule has 1 aromatic carbocycles. The van der Waals surface area contributed by atoms with Gasteiger partial charge in [0.2, 0.25) is 0 Å². The Labute approximate surface area is 126 Å². The number of hydrogen-bond donors (Lipinski definition) is 0. The van der Waals surface area contributed by atoms with Gasteiger partial charge in [0.1, 0.15) is 0 Å². The Morgan fingerprint density at radius 1 is 1.21 bits per heavy atom. The smallest absolute Gasteiger partial charge is 0.0237 e. The first-order valence-electron chi connectivity index (χ1n) is 7.31. The maximum atomic E-state index is 3.67. The highest BCUT2D eigenvalue weighted by atomic mass is 79.9. The second kappa shape index (κ2) is 5.97. The van der Waals surface area contributed by atoms with Crippen molar-refractivity contribution in [3.05, 3.63) is 35.4 Å². The van der Waals surface area contributed by atoms with Gasteiger partial charge in [-0.1, -0.05) is 67.9 Å². The van der Waals surface area contributed by atoms with E-state index in [9.17, 15) is 0 Å². The van der Waals surface area contributed by atoms with Gasteiger partial charge in [-0.15, -0.1) is 0 Å². The lowest BCUT2D eigenvalue weighted by molar-refractivity contribution is 0.244. The van der Waals surface area contributed by atoms with Crippen LogP contribution in [0.4, 0.5) is 0 Å². The Balaban J connectivity index is 2.04. The third-order valence-electron chi connectivity index (χ3n) is 4.36. The van der Waals surface area contributed by atoms with Crippen LogP contribution >= 0.6 is 15.9 Å². The molecule has 0 amide bonds. The highest BCUT2D eigenvalue weighted by Crippen LogP contribution is 2.28. The summed E-state index contributed by atoms with van der Waals surface area (Å²) in [5, 5.41) is 1.09. The first-order valence-corrected chi connectivity index (χ1v) is 8.43. The van der Waals surface area contributed by atoms with E-state index >= 15 is 0 Å². The van der Waals surface area contributed by atoms with E-state index in [1.165, 1.54) is 24.1 Å². The van der Waals surface area contributed by atoms with Gasteiger partial charge in [0, 0.05) is 17.9 Å². The summed E-state index contributed by atoms with van der Waals surface area (Å²) in [6.07, 6.45) is 1.33. The average Bonchev–Trinajstić information content (AvgIpc) is 2.69. The SMILES string of the molecule is CC1CCN(Cc2ccc(C(C)(C)C)cc2)C1CBr. The lowest BCUT2D eigenvalue weighted by Gasteiger charge is -2.25. The van der Waals surface area contributed by atoms with Crippen LogP contribution in [-0.2, 0) is 12.0 Å². The zero-order valence-corrected chi connectivity index (χ0v) is 14.2. The summed E-state index contributed by atoms with van der Waals surface area (Å²) >= 11 is 3.67. The molecule has 0 bridgehead atoms. The molecule has 2 rings (SSSR count). The zero-order chi connectivity index (χ0) is 14.0. The Morgan fingerprint density at radius 3 is 2.37 bits per heavy atom. The first kappa shape index (κ1) is 15.1. The molecule has 19 heavy (non-hydrogen) atoms. The number of alkyl halides is 1. The van der Waals surface area contributed by atoms with Crippen molar-refractivity contribution >= 4 is 15.9 Å². The third-order valence-corrected chi connectivity index (χ3v) is 5.02. The number of likely N-dealkylation sites (tertiary alicyclic amines) is 1. The fourth-order valence-electron chi connectivity index (χ4n) is 2.88. The van der Waals surface area contributed by atoms with E-state index in [-0.39, 0.29) is 5.41 Å². The van der Waals surface area contributed by atoms with Crippen LogP contribution in [0, 0.1) is 5.92 Å². The number of hydrogen-bond acceptors (Lipinski definition) is 1. The zero-order valence-electron chi connectivity index (χ0n) is 12.6. The molecular weight excluding hydrogens is 298 g/mol. The molecule has 106 valence electrons. The molecule has 0 aliphatic carbocycles. The van der Waals surface area contributed by atoms with E-state index in [4.69, 9.17) is 0 Å². The molecule has 1 aliphatic rings. The summed E-state index contributed by atoms with van der Waals surface area (Å²) in [5.41, 5.74) is 3.11. The number of rotatable bonds is 3. The van der Waals surface area contributed by atoms with Crippen LogP contribution in [0.1, 0.15) is 45.2 Å². The monoisotopic (exact) mass is 323 g/mol. The van der Waals surface area contributed by atoms with Crippen LogP contribution in [0.15, 0.2) is 24.3 Å². The summed E-state index contributed by atoms with van der Waals surface area (Å²) in [6, 6.07) is 9.88. The fraction of sp³-hybridized carbons (Fsp3) is 0.647. The number of nitrogens with zero attached hydrogens (tertiary/aromatic N) is 1. The molecule has 1 fully saturated rings. The van der Waals surface area contributed by atoms with Crippen LogP contribution in [0.5, 0.6) is 0 Å². The molecule has 1 saturated heterocycles. The quantitative estimate of drug-likeness (QED) is 0.735. The molecule has 0 spiro atoms. The molecule has 1 nitrogen and oxygen atoms in total. The fourth-order valence-corrected chi connectivity index (χ4v) is 3.93. The highest BCUT2D eigenvalue weighted by Gasteiger charge is 2.29. The third kappa shape index (κ3) is 3.61. The van der Waals surface area contributed by atoms with Gasteiger partial charge >= 0.3 is 0 Å². The summed E-state index contributed by atoms with van der Waals surface area (Å²) < 4.78 is 0.